The summed E-state index contributed by atoms with van der Waals surface area (Å²) in [5.74, 6) is 0. The molecule has 2 nitrogen and oxygen atoms in total. The van der Waals surface area contributed by atoms with Crippen molar-refractivity contribution < 1.29 is 9.47 Å². The molecule has 1 fully saturated rings. The van der Waals surface area contributed by atoms with Crippen LogP contribution in [0.3, 0.4) is 0 Å². The molecule has 0 bridgehead atoms. The quantitative estimate of drug-likeness (QED) is 0.741. The van der Waals surface area contributed by atoms with Crippen molar-refractivity contribution in [3.05, 3.63) is 48.0 Å². The van der Waals surface area contributed by atoms with Crippen LogP contribution in [0.1, 0.15) is 24.8 Å². The van der Waals surface area contributed by atoms with Gasteiger partial charge in [0.1, 0.15) is 0 Å². The van der Waals surface area contributed by atoms with E-state index >= 15 is 0 Å². The van der Waals surface area contributed by atoms with E-state index in [1.807, 2.05) is 18.2 Å². The minimum Gasteiger partial charge on any atom is -0.378 e. The van der Waals surface area contributed by atoms with Crippen LogP contribution in [0.25, 0.3) is 0 Å². The molecule has 1 saturated carbocycles. The largest absolute Gasteiger partial charge is 0.378 e. The second-order valence-electron chi connectivity index (χ2n) is 4.60. The molecule has 2 heteroatoms. The minimum atomic E-state index is 0.167. The van der Waals surface area contributed by atoms with E-state index < -0.39 is 0 Å². The highest BCUT2D eigenvalue weighted by Crippen LogP contribution is 2.27. The first kappa shape index (κ1) is 12.3. The molecule has 92 valence electrons. The molecule has 2 unspecified atom stereocenters. The van der Waals surface area contributed by atoms with Crippen LogP contribution < -0.4 is 0 Å². The molecule has 1 aliphatic carbocycles. The Balaban J connectivity index is 1.88. The van der Waals surface area contributed by atoms with E-state index in [0.717, 1.165) is 19.3 Å². The summed E-state index contributed by atoms with van der Waals surface area (Å²) >= 11 is 0. The number of methoxy groups -OCH3 is 1. The van der Waals surface area contributed by atoms with Gasteiger partial charge in [-0.15, -0.1) is 0 Å². The van der Waals surface area contributed by atoms with Gasteiger partial charge < -0.3 is 9.47 Å². The summed E-state index contributed by atoms with van der Waals surface area (Å²) in [4.78, 5) is 0. The number of rotatable bonds is 4. The summed E-state index contributed by atoms with van der Waals surface area (Å²) in [5, 5.41) is 0. The highest BCUT2D eigenvalue weighted by atomic mass is 16.5. The Kier molecular flexibility index (Phi) is 4.35. The Labute approximate surface area is 103 Å². The van der Waals surface area contributed by atoms with Crippen molar-refractivity contribution >= 4 is 0 Å². The summed E-state index contributed by atoms with van der Waals surface area (Å²) in [5.41, 5.74) is 2.49. The third-order valence-electron chi connectivity index (χ3n) is 3.30. The van der Waals surface area contributed by atoms with Gasteiger partial charge in [0.05, 0.1) is 18.8 Å². The zero-order valence-electron chi connectivity index (χ0n) is 10.4. The van der Waals surface area contributed by atoms with Gasteiger partial charge in [0, 0.05) is 7.11 Å². The van der Waals surface area contributed by atoms with E-state index in [2.05, 4.69) is 18.7 Å². The van der Waals surface area contributed by atoms with Crippen molar-refractivity contribution in [2.24, 2.45) is 0 Å². The summed E-state index contributed by atoms with van der Waals surface area (Å²) in [6, 6.07) is 10.3. The predicted molar refractivity (Wildman–Crippen MR) is 68.8 cm³/mol. The number of hydrogen-bond acceptors (Lipinski definition) is 2. The lowest BCUT2D eigenvalue weighted by molar-refractivity contribution is -0.0743. The second kappa shape index (κ2) is 5.99. The second-order valence-corrected chi connectivity index (χ2v) is 4.60. The lowest BCUT2D eigenvalue weighted by atomic mass is 9.91. The predicted octanol–water partition coefficient (Wildman–Crippen LogP) is 3.33. The van der Waals surface area contributed by atoms with Crippen LogP contribution in [0.15, 0.2) is 42.5 Å². The molecule has 0 aromatic heterocycles. The molecule has 0 radical (unpaired) electrons. The van der Waals surface area contributed by atoms with Crippen LogP contribution in [0.2, 0.25) is 0 Å². The van der Waals surface area contributed by atoms with Gasteiger partial charge in [0.25, 0.3) is 0 Å². The maximum Gasteiger partial charge on any atom is 0.0870 e. The van der Waals surface area contributed by atoms with E-state index in [4.69, 9.17) is 9.47 Å². The minimum absolute atomic E-state index is 0.167. The smallest absolute Gasteiger partial charge is 0.0870 e. The molecule has 0 aliphatic heterocycles. The van der Waals surface area contributed by atoms with Gasteiger partial charge in [-0.1, -0.05) is 42.5 Å². The zero-order chi connectivity index (χ0) is 12.1. The van der Waals surface area contributed by atoms with Crippen LogP contribution >= 0.6 is 0 Å². The number of hydrogen-bond donors (Lipinski definition) is 0. The highest BCUT2D eigenvalue weighted by molar-refractivity contribution is 5.13. The molecule has 17 heavy (non-hydrogen) atoms. The summed E-state index contributed by atoms with van der Waals surface area (Å²) < 4.78 is 11.4. The van der Waals surface area contributed by atoms with Gasteiger partial charge in [-0.2, -0.15) is 0 Å². The lowest BCUT2D eigenvalue weighted by Gasteiger charge is -2.31. The topological polar surface area (TPSA) is 18.5 Å². The highest BCUT2D eigenvalue weighted by Gasteiger charge is 2.27. The Morgan fingerprint density at radius 2 is 2.00 bits per heavy atom. The van der Waals surface area contributed by atoms with Gasteiger partial charge in [0.15, 0.2) is 0 Å². The maximum absolute atomic E-state index is 5.95. The molecular formula is C15H20O2. The maximum atomic E-state index is 5.95. The Morgan fingerprint density at radius 1 is 1.24 bits per heavy atom. The fourth-order valence-electron chi connectivity index (χ4n) is 2.25. The summed E-state index contributed by atoms with van der Waals surface area (Å²) in [6.45, 7) is 4.69. The zero-order valence-corrected chi connectivity index (χ0v) is 10.4. The van der Waals surface area contributed by atoms with Crippen LogP contribution in [0.4, 0.5) is 0 Å². The van der Waals surface area contributed by atoms with Crippen molar-refractivity contribution in [2.45, 2.75) is 38.1 Å². The van der Waals surface area contributed by atoms with Gasteiger partial charge >= 0.3 is 0 Å². The number of benzene rings is 1. The van der Waals surface area contributed by atoms with Crippen LogP contribution in [0.5, 0.6) is 0 Å². The molecule has 1 aromatic rings. The van der Waals surface area contributed by atoms with Crippen LogP contribution in [-0.4, -0.2) is 19.3 Å². The summed E-state index contributed by atoms with van der Waals surface area (Å²) in [6.07, 6.45) is 3.37. The Morgan fingerprint density at radius 3 is 2.71 bits per heavy atom. The van der Waals surface area contributed by atoms with E-state index in [0.29, 0.717) is 6.61 Å². The van der Waals surface area contributed by atoms with Crippen molar-refractivity contribution in [1.82, 2.24) is 0 Å². The molecule has 1 aromatic carbocycles. The van der Waals surface area contributed by atoms with Gasteiger partial charge in [-0.3, -0.25) is 0 Å². The van der Waals surface area contributed by atoms with Crippen LogP contribution in [0, 0.1) is 0 Å². The SMILES string of the molecule is C=C1CCC(OCc2ccccc2)C(OC)C1. The Bertz CT molecular complexity index is 358. The standard InChI is InChI=1S/C15H20O2/c1-12-8-9-14(15(10-12)16-2)17-11-13-6-4-3-5-7-13/h3-7,14-15H,1,8-11H2,2H3. The monoisotopic (exact) mass is 232 g/mol. The number of ether oxygens (including phenoxy) is 2. The normalized spacial score (nSPS) is 24.9. The molecule has 0 heterocycles. The van der Waals surface area contributed by atoms with E-state index in [-0.39, 0.29) is 12.2 Å². The molecule has 2 atom stereocenters. The molecular weight excluding hydrogens is 212 g/mol. The first-order chi connectivity index (χ1) is 8.29. The van der Waals surface area contributed by atoms with Gasteiger partial charge in [-0.25, -0.2) is 0 Å². The average molecular weight is 232 g/mol. The first-order valence-corrected chi connectivity index (χ1v) is 6.14. The third kappa shape index (κ3) is 3.42. The van der Waals surface area contributed by atoms with Crippen molar-refractivity contribution in [3.63, 3.8) is 0 Å². The van der Waals surface area contributed by atoms with Crippen molar-refractivity contribution in [2.75, 3.05) is 7.11 Å². The van der Waals surface area contributed by atoms with Crippen molar-refractivity contribution in [3.8, 4) is 0 Å². The third-order valence-corrected chi connectivity index (χ3v) is 3.30. The molecule has 2 rings (SSSR count). The summed E-state index contributed by atoms with van der Waals surface area (Å²) in [7, 11) is 1.75. The Hall–Kier alpha value is -1.12. The van der Waals surface area contributed by atoms with Gasteiger partial charge in [-0.05, 0) is 24.8 Å². The van der Waals surface area contributed by atoms with E-state index in [9.17, 15) is 0 Å². The fraction of sp³-hybridized carbons (Fsp3) is 0.467. The lowest BCUT2D eigenvalue weighted by Crippen LogP contribution is -2.34. The molecule has 0 amide bonds. The average Bonchev–Trinajstić information content (AvgIpc) is 2.38. The molecule has 0 saturated heterocycles. The first-order valence-electron chi connectivity index (χ1n) is 6.14. The fourth-order valence-corrected chi connectivity index (χ4v) is 2.25. The molecule has 0 spiro atoms. The molecule has 0 N–H and O–H groups in total. The van der Waals surface area contributed by atoms with Crippen molar-refractivity contribution in [1.29, 1.82) is 0 Å². The van der Waals surface area contributed by atoms with E-state index in [1.165, 1.54) is 11.1 Å². The van der Waals surface area contributed by atoms with Crippen LogP contribution in [-0.2, 0) is 16.1 Å². The molecule has 1 aliphatic rings. The van der Waals surface area contributed by atoms with Gasteiger partial charge in [0.2, 0.25) is 0 Å². The van der Waals surface area contributed by atoms with E-state index in [1.54, 1.807) is 7.11 Å².